The van der Waals surface area contributed by atoms with Crippen molar-refractivity contribution in [3.05, 3.63) is 59.1 Å². The van der Waals surface area contributed by atoms with Crippen LogP contribution in [0, 0.1) is 6.92 Å². The molecule has 1 heterocycles. The molecule has 0 fully saturated rings. The third-order valence-corrected chi connectivity index (χ3v) is 3.90. The fourth-order valence-electron chi connectivity index (χ4n) is 2.49. The fourth-order valence-corrected chi connectivity index (χ4v) is 2.72. The Labute approximate surface area is 141 Å². The molecule has 0 saturated heterocycles. The Kier molecular flexibility index (Phi) is 4.39. The van der Waals surface area contributed by atoms with Crippen LogP contribution in [0.3, 0.4) is 0 Å². The molecular formula is C19H19ClN2O. The van der Waals surface area contributed by atoms with Gasteiger partial charge in [-0.3, -0.25) is 5.10 Å². The lowest BCUT2D eigenvalue weighted by molar-refractivity contribution is 0.242. The molecule has 118 valence electrons. The SMILES string of the molecule is Cc1ccccc1-c1cc(-c2ccc(OC(C)C)c(Cl)c2)n[nH]1. The van der Waals surface area contributed by atoms with E-state index in [0.29, 0.717) is 10.8 Å². The van der Waals surface area contributed by atoms with E-state index in [2.05, 4.69) is 29.3 Å². The molecule has 1 N–H and O–H groups in total. The molecule has 3 aromatic rings. The normalized spacial score (nSPS) is 11.0. The van der Waals surface area contributed by atoms with Crippen LogP contribution in [-0.2, 0) is 0 Å². The van der Waals surface area contributed by atoms with Crippen molar-refractivity contribution < 1.29 is 4.74 Å². The van der Waals surface area contributed by atoms with Gasteiger partial charge in [0.05, 0.1) is 22.5 Å². The van der Waals surface area contributed by atoms with E-state index >= 15 is 0 Å². The number of aromatic amines is 1. The van der Waals surface area contributed by atoms with Gasteiger partial charge in [0.15, 0.2) is 0 Å². The van der Waals surface area contributed by atoms with Gasteiger partial charge in [-0.05, 0) is 50.6 Å². The van der Waals surface area contributed by atoms with E-state index < -0.39 is 0 Å². The molecule has 0 unspecified atom stereocenters. The highest BCUT2D eigenvalue weighted by Gasteiger charge is 2.10. The number of ether oxygens (including phenoxy) is 1. The first kappa shape index (κ1) is 15.6. The van der Waals surface area contributed by atoms with E-state index in [1.807, 2.05) is 50.2 Å². The molecule has 23 heavy (non-hydrogen) atoms. The molecule has 3 rings (SSSR count). The second-order valence-corrected chi connectivity index (χ2v) is 6.20. The van der Waals surface area contributed by atoms with E-state index in [9.17, 15) is 0 Å². The van der Waals surface area contributed by atoms with E-state index in [0.717, 1.165) is 22.5 Å². The number of nitrogens with one attached hydrogen (secondary N) is 1. The Bertz CT molecular complexity index is 824. The van der Waals surface area contributed by atoms with Gasteiger partial charge in [0, 0.05) is 11.1 Å². The van der Waals surface area contributed by atoms with Crippen LogP contribution in [0.5, 0.6) is 5.75 Å². The lowest BCUT2D eigenvalue weighted by Gasteiger charge is -2.11. The smallest absolute Gasteiger partial charge is 0.138 e. The molecule has 0 bridgehead atoms. The lowest BCUT2D eigenvalue weighted by Crippen LogP contribution is -2.05. The molecule has 4 heteroatoms. The predicted molar refractivity (Wildman–Crippen MR) is 95.0 cm³/mol. The highest BCUT2D eigenvalue weighted by molar-refractivity contribution is 6.32. The number of hydrogen-bond donors (Lipinski definition) is 1. The average Bonchev–Trinajstić information content (AvgIpc) is 2.99. The van der Waals surface area contributed by atoms with Gasteiger partial charge in [-0.1, -0.05) is 35.9 Å². The molecule has 0 aliphatic rings. The van der Waals surface area contributed by atoms with Gasteiger partial charge in [-0.2, -0.15) is 5.10 Å². The van der Waals surface area contributed by atoms with E-state index in [4.69, 9.17) is 16.3 Å². The Hall–Kier alpha value is -2.26. The Morgan fingerprint density at radius 1 is 1.09 bits per heavy atom. The number of nitrogens with zero attached hydrogens (tertiary/aromatic N) is 1. The summed E-state index contributed by atoms with van der Waals surface area (Å²) < 4.78 is 5.67. The number of halogens is 1. The van der Waals surface area contributed by atoms with Crippen LogP contribution in [-0.4, -0.2) is 16.3 Å². The van der Waals surface area contributed by atoms with Gasteiger partial charge in [0.2, 0.25) is 0 Å². The monoisotopic (exact) mass is 326 g/mol. The summed E-state index contributed by atoms with van der Waals surface area (Å²) in [4.78, 5) is 0. The van der Waals surface area contributed by atoms with Gasteiger partial charge in [0.1, 0.15) is 5.75 Å². The summed E-state index contributed by atoms with van der Waals surface area (Å²) in [6, 6.07) is 16.0. The summed E-state index contributed by atoms with van der Waals surface area (Å²) in [6.07, 6.45) is 0.0939. The van der Waals surface area contributed by atoms with Crippen molar-refractivity contribution in [2.24, 2.45) is 0 Å². The standard InChI is InChI=1S/C19H19ClN2O/c1-12(2)23-19-9-8-14(10-16(19)20)17-11-18(22-21-17)15-7-5-4-6-13(15)3/h4-12H,1-3H3,(H,21,22). The van der Waals surface area contributed by atoms with E-state index in [-0.39, 0.29) is 6.10 Å². The molecule has 0 spiro atoms. The molecule has 3 nitrogen and oxygen atoms in total. The number of hydrogen-bond acceptors (Lipinski definition) is 2. The Morgan fingerprint density at radius 3 is 2.57 bits per heavy atom. The first-order chi connectivity index (χ1) is 11.0. The van der Waals surface area contributed by atoms with Crippen LogP contribution in [0.4, 0.5) is 0 Å². The summed E-state index contributed by atoms with van der Waals surface area (Å²) in [5.41, 5.74) is 5.18. The van der Waals surface area contributed by atoms with Crippen molar-refractivity contribution in [1.82, 2.24) is 10.2 Å². The number of rotatable bonds is 4. The number of aryl methyl sites for hydroxylation is 1. The zero-order valence-corrected chi connectivity index (χ0v) is 14.2. The maximum Gasteiger partial charge on any atom is 0.138 e. The molecule has 0 aliphatic heterocycles. The average molecular weight is 327 g/mol. The van der Waals surface area contributed by atoms with Gasteiger partial charge in [0.25, 0.3) is 0 Å². The largest absolute Gasteiger partial charge is 0.489 e. The minimum absolute atomic E-state index is 0.0939. The van der Waals surface area contributed by atoms with Crippen LogP contribution in [0.1, 0.15) is 19.4 Å². The van der Waals surface area contributed by atoms with Crippen LogP contribution in [0.2, 0.25) is 5.02 Å². The lowest BCUT2D eigenvalue weighted by atomic mass is 10.0. The van der Waals surface area contributed by atoms with Crippen LogP contribution in [0.25, 0.3) is 22.5 Å². The summed E-state index contributed by atoms with van der Waals surface area (Å²) >= 11 is 6.31. The van der Waals surface area contributed by atoms with Crippen molar-refractivity contribution in [2.45, 2.75) is 26.9 Å². The molecule has 0 atom stereocenters. The fraction of sp³-hybridized carbons (Fsp3) is 0.211. The van der Waals surface area contributed by atoms with Crippen LogP contribution >= 0.6 is 11.6 Å². The molecule has 1 aromatic heterocycles. The first-order valence-corrected chi connectivity index (χ1v) is 8.00. The number of benzene rings is 2. The number of aromatic nitrogens is 2. The second kappa shape index (κ2) is 6.47. The summed E-state index contributed by atoms with van der Waals surface area (Å²) in [5, 5.41) is 8.11. The first-order valence-electron chi connectivity index (χ1n) is 7.62. The maximum atomic E-state index is 6.31. The number of H-pyrrole nitrogens is 1. The molecule has 0 amide bonds. The zero-order valence-electron chi connectivity index (χ0n) is 13.4. The molecule has 0 saturated carbocycles. The molecular weight excluding hydrogens is 308 g/mol. The molecule has 0 aliphatic carbocycles. The Balaban J connectivity index is 1.92. The van der Waals surface area contributed by atoms with Crippen molar-refractivity contribution >= 4 is 11.6 Å². The quantitative estimate of drug-likeness (QED) is 0.688. The van der Waals surface area contributed by atoms with Gasteiger partial charge >= 0.3 is 0 Å². The Morgan fingerprint density at radius 2 is 1.87 bits per heavy atom. The van der Waals surface area contributed by atoms with Crippen molar-refractivity contribution in [3.8, 4) is 28.3 Å². The zero-order chi connectivity index (χ0) is 16.4. The predicted octanol–water partition coefficient (Wildman–Crippen LogP) is 5.49. The molecule has 2 aromatic carbocycles. The summed E-state index contributed by atoms with van der Waals surface area (Å²) in [7, 11) is 0. The molecule has 0 radical (unpaired) electrons. The van der Waals surface area contributed by atoms with Gasteiger partial charge in [-0.25, -0.2) is 0 Å². The summed E-state index contributed by atoms with van der Waals surface area (Å²) in [6.45, 7) is 6.05. The second-order valence-electron chi connectivity index (χ2n) is 5.79. The van der Waals surface area contributed by atoms with Crippen molar-refractivity contribution in [3.63, 3.8) is 0 Å². The summed E-state index contributed by atoms with van der Waals surface area (Å²) in [5.74, 6) is 0.695. The van der Waals surface area contributed by atoms with Crippen LogP contribution in [0.15, 0.2) is 48.5 Å². The highest BCUT2D eigenvalue weighted by Crippen LogP contribution is 2.32. The van der Waals surface area contributed by atoms with E-state index in [1.165, 1.54) is 5.56 Å². The van der Waals surface area contributed by atoms with Gasteiger partial charge < -0.3 is 4.74 Å². The topological polar surface area (TPSA) is 37.9 Å². The third-order valence-electron chi connectivity index (χ3n) is 3.60. The van der Waals surface area contributed by atoms with E-state index in [1.54, 1.807) is 0 Å². The highest BCUT2D eigenvalue weighted by atomic mass is 35.5. The minimum Gasteiger partial charge on any atom is -0.489 e. The minimum atomic E-state index is 0.0939. The third kappa shape index (κ3) is 3.40. The van der Waals surface area contributed by atoms with Crippen molar-refractivity contribution in [1.29, 1.82) is 0 Å². The van der Waals surface area contributed by atoms with Crippen LogP contribution < -0.4 is 4.74 Å². The van der Waals surface area contributed by atoms with Gasteiger partial charge in [-0.15, -0.1) is 0 Å². The van der Waals surface area contributed by atoms with Crippen molar-refractivity contribution in [2.75, 3.05) is 0 Å². The maximum absolute atomic E-state index is 6.31.